The Labute approximate surface area is 95.0 Å². The van der Waals surface area contributed by atoms with E-state index in [0.717, 1.165) is 0 Å². The van der Waals surface area contributed by atoms with E-state index >= 15 is 0 Å². The van der Waals surface area contributed by atoms with Crippen LogP contribution in [0.4, 0.5) is 0 Å². The van der Waals surface area contributed by atoms with E-state index in [1.165, 1.54) is 12.3 Å². The molecule has 0 aliphatic heterocycles. The molecule has 0 fully saturated rings. The molecule has 0 saturated carbocycles. The van der Waals surface area contributed by atoms with Crippen molar-refractivity contribution in [3.8, 4) is 0 Å². The molecule has 0 atom stereocenters. The Balaban J connectivity index is 2.48. The molecule has 1 amide bonds. The molecule has 84 valence electrons. The summed E-state index contributed by atoms with van der Waals surface area (Å²) >= 11 is 3.03. The van der Waals surface area contributed by atoms with Gasteiger partial charge in [-0.15, -0.1) is 0 Å². The lowest BCUT2D eigenvalue weighted by molar-refractivity contribution is 0.0954. The fourth-order valence-electron chi connectivity index (χ4n) is 0.858. The van der Waals surface area contributed by atoms with Gasteiger partial charge in [0.15, 0.2) is 4.67 Å². The maximum atomic E-state index is 11.4. The van der Waals surface area contributed by atoms with Crippen LogP contribution in [0, 0.1) is 0 Å². The molecule has 1 rings (SSSR count). The number of carbonyl (C=O) groups is 1. The first-order chi connectivity index (χ1) is 6.90. The Kier molecular flexibility index (Phi) is 3.89. The van der Waals surface area contributed by atoms with Gasteiger partial charge in [0, 0.05) is 6.54 Å². The molecule has 0 radical (unpaired) electrons. The Hall–Kier alpha value is -0.860. The van der Waals surface area contributed by atoms with Crippen molar-refractivity contribution in [1.29, 1.82) is 0 Å². The maximum absolute atomic E-state index is 11.4. The number of furan rings is 1. The van der Waals surface area contributed by atoms with Crippen LogP contribution in [0.1, 0.15) is 10.4 Å². The third-order valence-corrected chi connectivity index (χ3v) is 2.92. The van der Waals surface area contributed by atoms with Gasteiger partial charge in [-0.05, 0) is 22.0 Å². The molecule has 1 aromatic rings. The summed E-state index contributed by atoms with van der Waals surface area (Å²) in [4.78, 5) is 11.4. The number of nitrogens with two attached hydrogens (primary N) is 1. The quantitative estimate of drug-likeness (QED) is 0.820. The second-order valence-electron chi connectivity index (χ2n) is 2.73. The van der Waals surface area contributed by atoms with Crippen LogP contribution >= 0.6 is 15.9 Å². The van der Waals surface area contributed by atoms with Crippen LogP contribution in [0.25, 0.3) is 0 Å². The number of primary sulfonamides is 1. The molecule has 15 heavy (non-hydrogen) atoms. The molecule has 3 N–H and O–H groups in total. The monoisotopic (exact) mass is 296 g/mol. The average Bonchev–Trinajstić information content (AvgIpc) is 2.48. The maximum Gasteiger partial charge on any atom is 0.255 e. The number of rotatable bonds is 4. The summed E-state index contributed by atoms with van der Waals surface area (Å²) in [6.45, 7) is -0.0325. The lowest BCUT2D eigenvalue weighted by Gasteiger charge is -2.02. The number of hydrogen-bond acceptors (Lipinski definition) is 4. The van der Waals surface area contributed by atoms with Gasteiger partial charge >= 0.3 is 0 Å². The van der Waals surface area contributed by atoms with E-state index in [4.69, 9.17) is 9.56 Å². The predicted molar refractivity (Wildman–Crippen MR) is 56.7 cm³/mol. The van der Waals surface area contributed by atoms with Crippen molar-refractivity contribution in [2.75, 3.05) is 12.3 Å². The van der Waals surface area contributed by atoms with Gasteiger partial charge in [0.2, 0.25) is 10.0 Å². The first-order valence-electron chi connectivity index (χ1n) is 3.92. The van der Waals surface area contributed by atoms with Crippen molar-refractivity contribution in [3.63, 3.8) is 0 Å². The van der Waals surface area contributed by atoms with Gasteiger partial charge in [-0.25, -0.2) is 13.6 Å². The zero-order valence-electron chi connectivity index (χ0n) is 7.57. The van der Waals surface area contributed by atoms with Crippen LogP contribution in [0.15, 0.2) is 21.4 Å². The first-order valence-corrected chi connectivity index (χ1v) is 6.42. The number of nitrogens with one attached hydrogen (secondary N) is 1. The molecular formula is C7H9BrN2O4S. The zero-order chi connectivity index (χ0) is 11.5. The lowest BCUT2D eigenvalue weighted by atomic mass is 10.3. The minimum atomic E-state index is -3.55. The molecule has 8 heteroatoms. The molecule has 1 heterocycles. The van der Waals surface area contributed by atoms with E-state index in [2.05, 4.69) is 21.2 Å². The van der Waals surface area contributed by atoms with Crippen molar-refractivity contribution in [1.82, 2.24) is 5.32 Å². The van der Waals surface area contributed by atoms with E-state index in [1.54, 1.807) is 0 Å². The molecule has 0 spiro atoms. The Morgan fingerprint density at radius 1 is 1.60 bits per heavy atom. The highest BCUT2D eigenvalue weighted by Gasteiger charge is 2.12. The Bertz CT molecular complexity index is 453. The predicted octanol–water partition coefficient (Wildman–Crippen LogP) is 0.0604. The van der Waals surface area contributed by atoms with Crippen molar-refractivity contribution < 1.29 is 17.6 Å². The summed E-state index contributed by atoms with van der Waals surface area (Å²) in [6, 6.07) is 1.47. The van der Waals surface area contributed by atoms with E-state index in [9.17, 15) is 13.2 Å². The highest BCUT2D eigenvalue weighted by atomic mass is 79.9. The number of hydrogen-bond donors (Lipinski definition) is 2. The number of sulfonamides is 1. The summed E-state index contributed by atoms with van der Waals surface area (Å²) in [5.41, 5.74) is 0.310. The number of amides is 1. The van der Waals surface area contributed by atoms with Gasteiger partial charge in [0.05, 0.1) is 17.6 Å². The van der Waals surface area contributed by atoms with Crippen molar-refractivity contribution in [2.45, 2.75) is 0 Å². The van der Waals surface area contributed by atoms with E-state index in [-0.39, 0.29) is 12.3 Å². The van der Waals surface area contributed by atoms with Crippen LogP contribution < -0.4 is 10.5 Å². The van der Waals surface area contributed by atoms with Gasteiger partial charge in [-0.2, -0.15) is 0 Å². The van der Waals surface area contributed by atoms with Gasteiger partial charge in [-0.3, -0.25) is 4.79 Å². The largest absolute Gasteiger partial charge is 0.457 e. The van der Waals surface area contributed by atoms with Crippen molar-refractivity contribution in [3.05, 3.63) is 22.6 Å². The Morgan fingerprint density at radius 2 is 2.27 bits per heavy atom. The molecule has 6 nitrogen and oxygen atoms in total. The second kappa shape index (κ2) is 4.77. The highest BCUT2D eigenvalue weighted by molar-refractivity contribution is 9.10. The summed E-state index contributed by atoms with van der Waals surface area (Å²) in [6.07, 6.45) is 1.35. The third-order valence-electron chi connectivity index (χ3n) is 1.53. The van der Waals surface area contributed by atoms with E-state index in [1.807, 2.05) is 0 Å². The minimum absolute atomic E-state index is 0.0325. The summed E-state index contributed by atoms with van der Waals surface area (Å²) in [7, 11) is -3.55. The molecule has 1 aromatic heterocycles. The Morgan fingerprint density at radius 3 is 2.73 bits per heavy atom. The fraction of sp³-hybridized carbons (Fsp3) is 0.286. The summed E-state index contributed by atoms with van der Waals surface area (Å²) in [5.74, 6) is -0.715. The zero-order valence-corrected chi connectivity index (χ0v) is 9.97. The first kappa shape index (κ1) is 12.2. The average molecular weight is 297 g/mol. The lowest BCUT2D eigenvalue weighted by Crippen LogP contribution is -2.31. The normalized spacial score (nSPS) is 11.3. The van der Waals surface area contributed by atoms with E-state index < -0.39 is 15.9 Å². The molecule has 0 bridgehead atoms. The topological polar surface area (TPSA) is 102 Å². The third kappa shape index (κ3) is 4.02. The molecule has 0 aliphatic rings. The smallest absolute Gasteiger partial charge is 0.255 e. The van der Waals surface area contributed by atoms with Gasteiger partial charge in [0.1, 0.15) is 0 Å². The minimum Gasteiger partial charge on any atom is -0.457 e. The summed E-state index contributed by atoms with van der Waals surface area (Å²) in [5, 5.41) is 7.16. The fourth-order valence-corrected chi connectivity index (χ4v) is 1.66. The molecule has 0 saturated heterocycles. The molecule has 0 unspecified atom stereocenters. The van der Waals surface area contributed by atoms with Crippen LogP contribution in [0.5, 0.6) is 0 Å². The number of carbonyl (C=O) groups excluding carboxylic acids is 1. The van der Waals surface area contributed by atoms with E-state index in [0.29, 0.717) is 10.2 Å². The molecular weight excluding hydrogens is 288 g/mol. The van der Waals surface area contributed by atoms with Crippen LogP contribution in [-0.4, -0.2) is 26.6 Å². The summed E-state index contributed by atoms with van der Waals surface area (Å²) < 4.78 is 26.3. The van der Waals surface area contributed by atoms with Crippen LogP contribution in [0.3, 0.4) is 0 Å². The van der Waals surface area contributed by atoms with Gasteiger partial charge in [0.25, 0.3) is 5.91 Å². The SMILES string of the molecule is NS(=O)(=O)CCNC(=O)c1ccoc1Br. The molecule has 0 aliphatic carbocycles. The molecule has 0 aromatic carbocycles. The van der Waals surface area contributed by atoms with Crippen LogP contribution in [0.2, 0.25) is 0 Å². The van der Waals surface area contributed by atoms with Crippen molar-refractivity contribution in [2.24, 2.45) is 5.14 Å². The van der Waals surface area contributed by atoms with Crippen LogP contribution in [-0.2, 0) is 10.0 Å². The van der Waals surface area contributed by atoms with Crippen molar-refractivity contribution >= 4 is 31.9 Å². The highest BCUT2D eigenvalue weighted by Crippen LogP contribution is 2.16. The van der Waals surface area contributed by atoms with Gasteiger partial charge in [-0.1, -0.05) is 0 Å². The number of halogens is 1. The van der Waals surface area contributed by atoms with Gasteiger partial charge < -0.3 is 9.73 Å². The second-order valence-corrected chi connectivity index (χ2v) is 5.19. The standard InChI is InChI=1S/C7H9BrN2O4S/c8-6-5(1-3-14-6)7(11)10-2-4-15(9,12)13/h1,3H,2,4H2,(H,10,11)(H2,9,12,13).